The zero-order valence-corrected chi connectivity index (χ0v) is 12.4. The van der Waals surface area contributed by atoms with Gasteiger partial charge in [0.1, 0.15) is 23.2 Å². The number of nitrogens with one attached hydrogen (secondary N) is 1. The number of nitrogens with zero attached hydrogens (tertiary/aromatic N) is 1. The molecule has 0 radical (unpaired) electrons. The molecule has 1 aromatic heterocycles. The fourth-order valence-corrected chi connectivity index (χ4v) is 1.92. The summed E-state index contributed by atoms with van der Waals surface area (Å²) in [6.45, 7) is 2.14. The van der Waals surface area contributed by atoms with Crippen molar-refractivity contribution < 1.29 is 13.9 Å². The topological polar surface area (TPSA) is 75.3 Å². The molecule has 2 aromatic rings. The SMILES string of the molecule is COc1ccc(C=C(C#N)C(=O)NCc2ccco2)c(C)c1. The Morgan fingerprint density at radius 1 is 1.45 bits per heavy atom. The van der Waals surface area contributed by atoms with E-state index >= 15 is 0 Å². The molecule has 0 saturated heterocycles. The second-order valence-electron chi connectivity index (χ2n) is 4.65. The Morgan fingerprint density at radius 2 is 2.27 bits per heavy atom. The van der Waals surface area contributed by atoms with E-state index in [1.807, 2.05) is 25.1 Å². The molecule has 0 fully saturated rings. The molecular weight excluding hydrogens is 280 g/mol. The summed E-state index contributed by atoms with van der Waals surface area (Å²) in [5, 5.41) is 11.8. The Morgan fingerprint density at radius 3 is 2.86 bits per heavy atom. The van der Waals surface area contributed by atoms with Crippen LogP contribution in [0, 0.1) is 18.3 Å². The lowest BCUT2D eigenvalue weighted by Gasteiger charge is -2.06. The van der Waals surface area contributed by atoms with E-state index in [-0.39, 0.29) is 12.1 Å². The first kappa shape index (κ1) is 15.4. The highest BCUT2D eigenvalue weighted by Crippen LogP contribution is 2.19. The van der Waals surface area contributed by atoms with Gasteiger partial charge in [-0.05, 0) is 48.4 Å². The molecule has 0 atom stereocenters. The summed E-state index contributed by atoms with van der Waals surface area (Å²) in [6, 6.07) is 10.9. The summed E-state index contributed by atoms with van der Waals surface area (Å²) in [4.78, 5) is 12.0. The molecule has 0 aliphatic carbocycles. The molecule has 1 N–H and O–H groups in total. The molecule has 22 heavy (non-hydrogen) atoms. The van der Waals surface area contributed by atoms with E-state index in [0.717, 1.165) is 16.9 Å². The Kier molecular flexibility index (Phi) is 4.99. The first-order valence-corrected chi connectivity index (χ1v) is 6.71. The van der Waals surface area contributed by atoms with E-state index in [1.54, 1.807) is 31.4 Å². The highest BCUT2D eigenvalue weighted by molar-refractivity contribution is 6.01. The predicted molar refractivity (Wildman–Crippen MR) is 81.9 cm³/mol. The Hall–Kier alpha value is -3.00. The Labute approximate surface area is 128 Å². The van der Waals surface area contributed by atoms with Crippen LogP contribution < -0.4 is 10.1 Å². The number of benzene rings is 1. The summed E-state index contributed by atoms with van der Waals surface area (Å²) in [7, 11) is 1.59. The van der Waals surface area contributed by atoms with Crippen molar-refractivity contribution in [3.63, 3.8) is 0 Å². The number of carbonyl (C=O) groups excluding carboxylic acids is 1. The van der Waals surface area contributed by atoms with Crippen LogP contribution in [0.3, 0.4) is 0 Å². The van der Waals surface area contributed by atoms with Gasteiger partial charge < -0.3 is 14.5 Å². The molecule has 5 heteroatoms. The lowest BCUT2D eigenvalue weighted by molar-refractivity contribution is -0.117. The Bertz CT molecular complexity index is 725. The second kappa shape index (κ2) is 7.14. The van der Waals surface area contributed by atoms with Gasteiger partial charge in [-0.1, -0.05) is 6.07 Å². The van der Waals surface area contributed by atoms with Crippen LogP contribution in [0.1, 0.15) is 16.9 Å². The van der Waals surface area contributed by atoms with Gasteiger partial charge >= 0.3 is 0 Å². The third-order valence-electron chi connectivity index (χ3n) is 3.15. The second-order valence-corrected chi connectivity index (χ2v) is 4.65. The summed E-state index contributed by atoms with van der Waals surface area (Å²) in [6.07, 6.45) is 3.09. The first-order chi connectivity index (χ1) is 10.6. The van der Waals surface area contributed by atoms with Crippen LogP contribution in [0.15, 0.2) is 46.6 Å². The maximum atomic E-state index is 12.0. The molecule has 0 aliphatic heterocycles. The van der Waals surface area contributed by atoms with E-state index in [1.165, 1.54) is 6.26 Å². The molecule has 1 heterocycles. The summed E-state index contributed by atoms with van der Waals surface area (Å²) >= 11 is 0. The molecule has 0 saturated carbocycles. The minimum absolute atomic E-state index is 0.0415. The summed E-state index contributed by atoms with van der Waals surface area (Å²) in [5.74, 6) is 0.927. The molecule has 1 aromatic carbocycles. The monoisotopic (exact) mass is 296 g/mol. The third-order valence-corrected chi connectivity index (χ3v) is 3.15. The largest absolute Gasteiger partial charge is 0.497 e. The molecule has 0 bridgehead atoms. The van der Waals surface area contributed by atoms with Gasteiger partial charge in [0, 0.05) is 0 Å². The normalized spacial score (nSPS) is 10.9. The molecule has 0 aliphatic rings. The molecule has 112 valence electrons. The Balaban J connectivity index is 2.13. The van der Waals surface area contributed by atoms with Crippen molar-refractivity contribution in [2.75, 3.05) is 7.11 Å². The van der Waals surface area contributed by atoms with Crippen molar-refractivity contribution in [3.05, 3.63) is 59.1 Å². The van der Waals surface area contributed by atoms with Crippen molar-refractivity contribution in [1.82, 2.24) is 5.32 Å². The maximum Gasteiger partial charge on any atom is 0.262 e. The number of nitriles is 1. The number of aryl methyl sites for hydroxylation is 1. The standard InChI is InChI=1S/C17H16N2O3/c1-12-8-15(21-2)6-5-13(12)9-14(10-18)17(20)19-11-16-4-3-7-22-16/h3-9H,11H2,1-2H3,(H,19,20). The fraction of sp³-hybridized carbons (Fsp3) is 0.176. The van der Waals surface area contributed by atoms with Gasteiger partial charge in [-0.2, -0.15) is 5.26 Å². The average Bonchev–Trinajstić information content (AvgIpc) is 3.04. The van der Waals surface area contributed by atoms with Crippen molar-refractivity contribution in [3.8, 4) is 11.8 Å². The average molecular weight is 296 g/mol. The zero-order valence-electron chi connectivity index (χ0n) is 12.4. The molecular formula is C17H16N2O3. The summed E-state index contributed by atoms with van der Waals surface area (Å²) < 4.78 is 10.3. The van der Waals surface area contributed by atoms with E-state index in [2.05, 4.69) is 5.32 Å². The minimum atomic E-state index is -0.436. The maximum absolute atomic E-state index is 12.0. The van der Waals surface area contributed by atoms with Gasteiger partial charge in [-0.3, -0.25) is 4.79 Å². The van der Waals surface area contributed by atoms with E-state index in [4.69, 9.17) is 9.15 Å². The number of furan rings is 1. The summed E-state index contributed by atoms with van der Waals surface area (Å²) in [5.41, 5.74) is 1.76. The fourth-order valence-electron chi connectivity index (χ4n) is 1.92. The van der Waals surface area contributed by atoms with Crippen molar-refractivity contribution in [2.24, 2.45) is 0 Å². The van der Waals surface area contributed by atoms with Crippen LogP contribution in [-0.4, -0.2) is 13.0 Å². The molecule has 5 nitrogen and oxygen atoms in total. The van der Waals surface area contributed by atoms with Gasteiger partial charge in [0.25, 0.3) is 5.91 Å². The lowest BCUT2D eigenvalue weighted by Crippen LogP contribution is -2.23. The third kappa shape index (κ3) is 3.76. The van der Waals surface area contributed by atoms with Gasteiger partial charge in [-0.15, -0.1) is 0 Å². The number of rotatable bonds is 5. The van der Waals surface area contributed by atoms with Crippen LogP contribution >= 0.6 is 0 Å². The van der Waals surface area contributed by atoms with Gasteiger partial charge in [0.05, 0.1) is 19.9 Å². The van der Waals surface area contributed by atoms with E-state index in [9.17, 15) is 10.1 Å². The number of amides is 1. The van der Waals surface area contributed by atoms with Gasteiger partial charge in [0.2, 0.25) is 0 Å². The number of ether oxygens (including phenoxy) is 1. The first-order valence-electron chi connectivity index (χ1n) is 6.71. The van der Waals surface area contributed by atoms with Gasteiger partial charge in [-0.25, -0.2) is 0 Å². The molecule has 2 rings (SSSR count). The van der Waals surface area contributed by atoms with Gasteiger partial charge in [0.15, 0.2) is 0 Å². The smallest absolute Gasteiger partial charge is 0.262 e. The highest BCUT2D eigenvalue weighted by Gasteiger charge is 2.10. The quantitative estimate of drug-likeness (QED) is 0.680. The van der Waals surface area contributed by atoms with E-state index < -0.39 is 5.91 Å². The molecule has 0 unspecified atom stereocenters. The van der Waals surface area contributed by atoms with E-state index in [0.29, 0.717) is 5.76 Å². The zero-order chi connectivity index (χ0) is 15.9. The van der Waals surface area contributed by atoms with Crippen LogP contribution in [0.4, 0.5) is 0 Å². The number of hydrogen-bond acceptors (Lipinski definition) is 4. The molecule has 1 amide bonds. The van der Waals surface area contributed by atoms with Crippen molar-refractivity contribution in [2.45, 2.75) is 13.5 Å². The number of methoxy groups -OCH3 is 1. The van der Waals surface area contributed by atoms with Crippen molar-refractivity contribution in [1.29, 1.82) is 5.26 Å². The van der Waals surface area contributed by atoms with Crippen LogP contribution in [-0.2, 0) is 11.3 Å². The highest BCUT2D eigenvalue weighted by atomic mass is 16.5. The molecule has 0 spiro atoms. The lowest BCUT2D eigenvalue weighted by atomic mass is 10.1. The predicted octanol–water partition coefficient (Wildman–Crippen LogP) is 2.82. The number of hydrogen-bond donors (Lipinski definition) is 1. The van der Waals surface area contributed by atoms with Crippen LogP contribution in [0.25, 0.3) is 6.08 Å². The van der Waals surface area contributed by atoms with Crippen molar-refractivity contribution >= 4 is 12.0 Å². The van der Waals surface area contributed by atoms with Crippen LogP contribution in [0.5, 0.6) is 5.75 Å². The minimum Gasteiger partial charge on any atom is -0.497 e. The number of carbonyl (C=O) groups is 1. The van der Waals surface area contributed by atoms with Crippen LogP contribution in [0.2, 0.25) is 0 Å².